The Hall–Kier alpha value is -4.13. The molecule has 0 unspecified atom stereocenters. The largest absolute Gasteiger partial charge is 0.508 e. The number of benzene rings is 3. The molecule has 0 aliphatic carbocycles. The van der Waals surface area contributed by atoms with Crippen LogP contribution in [0.25, 0.3) is 0 Å². The summed E-state index contributed by atoms with van der Waals surface area (Å²) in [6, 6.07) is 17.1. The molecule has 1 heterocycles. The number of phenols is 2. The first kappa shape index (κ1) is 18.2. The second-order valence-corrected chi connectivity index (χ2v) is 6.63. The highest BCUT2D eigenvalue weighted by molar-refractivity contribution is 6.22. The normalized spacial score (nSPS) is 12.8. The van der Waals surface area contributed by atoms with Crippen molar-refractivity contribution in [2.24, 2.45) is 0 Å². The first-order valence-corrected chi connectivity index (χ1v) is 8.81. The Bertz CT molecular complexity index is 1120. The van der Waals surface area contributed by atoms with E-state index in [0.29, 0.717) is 16.8 Å². The van der Waals surface area contributed by atoms with Gasteiger partial charge in [-0.15, -0.1) is 0 Å². The van der Waals surface area contributed by atoms with E-state index in [0.717, 1.165) is 11.0 Å². The number of carbonyl (C=O) groups is 3. The van der Waals surface area contributed by atoms with Crippen molar-refractivity contribution in [3.63, 3.8) is 0 Å². The number of hydrogen-bond donors (Lipinski definition) is 3. The monoisotopic (exact) mass is 388 g/mol. The lowest BCUT2D eigenvalue weighted by molar-refractivity contribution is 0.0641. The van der Waals surface area contributed by atoms with Crippen molar-refractivity contribution in [1.82, 2.24) is 4.90 Å². The SMILES string of the molecule is O=C(Nc1ccc2c(c1)C(=O)N(Cc1cc(O)cc(O)c1)C2=O)c1ccccc1. The van der Waals surface area contributed by atoms with Crippen LogP contribution in [0.5, 0.6) is 11.5 Å². The molecule has 3 amide bonds. The standard InChI is InChI=1S/C22H16N2O5/c25-16-8-13(9-17(26)11-16)12-24-21(28)18-7-6-15(10-19(18)22(24)29)23-20(27)14-4-2-1-3-5-14/h1-11,25-26H,12H2,(H,23,27). The third-order valence-electron chi connectivity index (χ3n) is 4.57. The van der Waals surface area contributed by atoms with Crippen LogP contribution in [0.4, 0.5) is 5.69 Å². The molecule has 0 fully saturated rings. The summed E-state index contributed by atoms with van der Waals surface area (Å²) in [5.74, 6) is -1.64. The molecule has 4 rings (SSSR count). The first-order chi connectivity index (χ1) is 13.9. The van der Waals surface area contributed by atoms with Crippen molar-refractivity contribution >= 4 is 23.4 Å². The van der Waals surface area contributed by atoms with E-state index in [-0.39, 0.29) is 35.1 Å². The second-order valence-electron chi connectivity index (χ2n) is 6.63. The number of amides is 3. The number of fused-ring (bicyclic) bond motifs is 1. The van der Waals surface area contributed by atoms with Gasteiger partial charge in [-0.2, -0.15) is 0 Å². The van der Waals surface area contributed by atoms with Gasteiger partial charge in [0.05, 0.1) is 17.7 Å². The van der Waals surface area contributed by atoms with Crippen LogP contribution in [0.15, 0.2) is 66.7 Å². The van der Waals surface area contributed by atoms with Crippen LogP contribution in [0.3, 0.4) is 0 Å². The van der Waals surface area contributed by atoms with E-state index >= 15 is 0 Å². The zero-order valence-corrected chi connectivity index (χ0v) is 15.1. The number of nitrogens with one attached hydrogen (secondary N) is 1. The molecule has 0 atom stereocenters. The van der Waals surface area contributed by atoms with Gasteiger partial charge in [0.25, 0.3) is 17.7 Å². The Morgan fingerprint density at radius 1 is 0.828 bits per heavy atom. The van der Waals surface area contributed by atoms with Crippen molar-refractivity contribution < 1.29 is 24.6 Å². The number of aromatic hydroxyl groups is 2. The molecule has 1 aliphatic heterocycles. The van der Waals surface area contributed by atoms with Crippen LogP contribution in [0.1, 0.15) is 36.6 Å². The van der Waals surface area contributed by atoms with Gasteiger partial charge in [-0.1, -0.05) is 18.2 Å². The Morgan fingerprint density at radius 2 is 1.48 bits per heavy atom. The average Bonchev–Trinajstić information content (AvgIpc) is 2.92. The summed E-state index contributed by atoms with van der Waals surface area (Å²) < 4.78 is 0. The molecule has 0 bridgehead atoms. The van der Waals surface area contributed by atoms with E-state index in [1.807, 2.05) is 0 Å². The molecule has 0 saturated carbocycles. The zero-order chi connectivity index (χ0) is 20.5. The summed E-state index contributed by atoms with van der Waals surface area (Å²) in [6.07, 6.45) is 0. The number of imide groups is 1. The fourth-order valence-electron chi connectivity index (χ4n) is 3.24. The summed E-state index contributed by atoms with van der Waals surface area (Å²) in [4.78, 5) is 38.7. The van der Waals surface area contributed by atoms with Gasteiger partial charge in [-0.25, -0.2) is 0 Å². The second kappa shape index (κ2) is 7.12. The quantitative estimate of drug-likeness (QED) is 0.595. The molecule has 0 radical (unpaired) electrons. The molecule has 29 heavy (non-hydrogen) atoms. The van der Waals surface area contributed by atoms with Gasteiger partial charge in [-0.3, -0.25) is 19.3 Å². The maximum atomic E-state index is 12.8. The average molecular weight is 388 g/mol. The maximum absolute atomic E-state index is 12.8. The molecule has 3 aromatic rings. The Balaban J connectivity index is 1.57. The lowest BCUT2D eigenvalue weighted by atomic mass is 10.1. The first-order valence-electron chi connectivity index (χ1n) is 8.81. The number of phenolic OH excluding ortho intramolecular Hbond substituents is 2. The van der Waals surface area contributed by atoms with E-state index in [2.05, 4.69) is 5.32 Å². The third kappa shape index (κ3) is 3.53. The summed E-state index contributed by atoms with van der Waals surface area (Å²) in [5.41, 5.74) is 1.70. The summed E-state index contributed by atoms with van der Waals surface area (Å²) in [7, 11) is 0. The fraction of sp³-hybridized carbons (Fsp3) is 0.0455. The van der Waals surface area contributed by atoms with E-state index in [9.17, 15) is 24.6 Å². The van der Waals surface area contributed by atoms with E-state index in [4.69, 9.17) is 0 Å². The minimum absolute atomic E-state index is 0.0972. The van der Waals surface area contributed by atoms with Gasteiger partial charge in [0, 0.05) is 17.3 Å². The lowest BCUT2D eigenvalue weighted by Crippen LogP contribution is -2.29. The van der Waals surface area contributed by atoms with Crippen LogP contribution in [-0.2, 0) is 6.54 Å². The molecule has 7 heteroatoms. The molecule has 0 spiro atoms. The van der Waals surface area contributed by atoms with Crippen LogP contribution in [-0.4, -0.2) is 32.8 Å². The lowest BCUT2D eigenvalue weighted by Gasteiger charge is -2.14. The van der Waals surface area contributed by atoms with Crippen LogP contribution in [0.2, 0.25) is 0 Å². The summed E-state index contributed by atoms with van der Waals surface area (Å²) in [5, 5.41) is 21.9. The van der Waals surface area contributed by atoms with Crippen molar-refractivity contribution in [3.05, 3.63) is 89.0 Å². The smallest absolute Gasteiger partial charge is 0.261 e. The van der Waals surface area contributed by atoms with Crippen molar-refractivity contribution in [2.75, 3.05) is 5.32 Å². The van der Waals surface area contributed by atoms with Gasteiger partial charge in [0.15, 0.2) is 0 Å². The van der Waals surface area contributed by atoms with Gasteiger partial charge in [-0.05, 0) is 48.0 Å². The van der Waals surface area contributed by atoms with Crippen molar-refractivity contribution in [3.8, 4) is 11.5 Å². The summed E-state index contributed by atoms with van der Waals surface area (Å²) in [6.45, 7) is -0.0972. The minimum Gasteiger partial charge on any atom is -0.508 e. The van der Waals surface area contributed by atoms with E-state index in [1.54, 1.807) is 36.4 Å². The molecule has 1 aliphatic rings. The Morgan fingerprint density at radius 3 is 2.17 bits per heavy atom. The maximum Gasteiger partial charge on any atom is 0.261 e. The topological polar surface area (TPSA) is 107 Å². The third-order valence-corrected chi connectivity index (χ3v) is 4.57. The molecule has 3 N–H and O–H groups in total. The number of carbonyl (C=O) groups excluding carboxylic acids is 3. The molecule has 0 aromatic heterocycles. The van der Waals surface area contributed by atoms with Gasteiger partial charge < -0.3 is 15.5 Å². The van der Waals surface area contributed by atoms with Gasteiger partial charge >= 0.3 is 0 Å². The highest BCUT2D eigenvalue weighted by Crippen LogP contribution is 2.29. The minimum atomic E-state index is -0.511. The van der Waals surface area contributed by atoms with E-state index < -0.39 is 11.8 Å². The van der Waals surface area contributed by atoms with Crippen LogP contribution in [0, 0.1) is 0 Å². The summed E-state index contributed by atoms with van der Waals surface area (Å²) >= 11 is 0. The van der Waals surface area contributed by atoms with Crippen LogP contribution >= 0.6 is 0 Å². The zero-order valence-electron chi connectivity index (χ0n) is 15.1. The molecular formula is C22H16N2O5. The molecule has 0 saturated heterocycles. The molecule has 3 aromatic carbocycles. The Kier molecular flexibility index (Phi) is 4.48. The van der Waals surface area contributed by atoms with Gasteiger partial charge in [0.1, 0.15) is 11.5 Å². The number of anilines is 1. The Labute approximate surface area is 165 Å². The number of rotatable bonds is 4. The number of nitrogens with zero attached hydrogens (tertiary/aromatic N) is 1. The fourth-order valence-corrected chi connectivity index (χ4v) is 3.24. The molecule has 7 nitrogen and oxygen atoms in total. The van der Waals surface area contributed by atoms with Gasteiger partial charge in [0.2, 0.25) is 0 Å². The van der Waals surface area contributed by atoms with Crippen molar-refractivity contribution in [2.45, 2.75) is 6.54 Å². The predicted molar refractivity (Wildman–Crippen MR) is 105 cm³/mol. The molecule has 144 valence electrons. The molecular weight excluding hydrogens is 372 g/mol. The highest BCUT2D eigenvalue weighted by Gasteiger charge is 2.35. The van der Waals surface area contributed by atoms with Crippen molar-refractivity contribution in [1.29, 1.82) is 0 Å². The highest BCUT2D eigenvalue weighted by atomic mass is 16.3. The van der Waals surface area contributed by atoms with Crippen LogP contribution < -0.4 is 5.32 Å². The predicted octanol–water partition coefficient (Wildman–Crippen LogP) is 3.15. The van der Waals surface area contributed by atoms with E-state index in [1.165, 1.54) is 24.3 Å². The number of hydrogen-bond acceptors (Lipinski definition) is 5.